The smallest absolute Gasteiger partial charge is 0.334 e. The summed E-state index contributed by atoms with van der Waals surface area (Å²) in [4.78, 5) is 10.4. The number of halogens is 1. The molecule has 0 rings (SSSR count). The molecule has 62 valence electrons. The Morgan fingerprint density at radius 2 is 2.20 bits per heavy atom. The van der Waals surface area contributed by atoms with Crippen LogP contribution in [0.2, 0.25) is 0 Å². The van der Waals surface area contributed by atoms with Crippen LogP contribution in [-0.4, -0.2) is 17.8 Å². The first-order chi connectivity index (χ1) is 4.22. The average molecular weight is 204 g/mol. The first kappa shape index (κ1) is 13.0. The van der Waals surface area contributed by atoms with Crippen molar-refractivity contribution in [3.8, 4) is 0 Å². The molecule has 0 bridgehead atoms. The van der Waals surface area contributed by atoms with Crippen molar-refractivity contribution in [1.82, 2.24) is 0 Å². The van der Waals surface area contributed by atoms with Crippen LogP contribution in [-0.2, 0) is 8.98 Å². The van der Waals surface area contributed by atoms with Gasteiger partial charge in [0, 0.05) is 12.9 Å². The number of hydrogen-bond acceptors (Lipinski definition) is 5. The lowest BCUT2D eigenvalue weighted by Crippen LogP contribution is -2.30. The molecule has 0 aliphatic carbocycles. The maximum Gasteiger partial charge on any atom is 0.334 e. The lowest BCUT2D eigenvalue weighted by Gasteiger charge is -2.03. The van der Waals surface area contributed by atoms with Crippen molar-refractivity contribution in [3.63, 3.8) is 0 Å². The van der Waals surface area contributed by atoms with Crippen LogP contribution >= 0.6 is 37.9 Å². The van der Waals surface area contributed by atoms with Crippen LogP contribution in [0.1, 0.15) is 6.42 Å². The quantitative estimate of drug-likeness (QED) is 0.461. The predicted molar refractivity (Wildman–Crippen MR) is 48.8 cm³/mol. The Labute approximate surface area is 77.1 Å². The number of thiol groups is 2. The fourth-order valence-corrected chi connectivity index (χ4v) is 0.738. The topological polar surface area (TPSA) is 52.3 Å². The zero-order chi connectivity index (χ0) is 7.28. The zero-order valence-electron chi connectivity index (χ0n) is 5.19. The molecular formula is C4H10ClNO2S2. The molecule has 0 aromatic carbocycles. The normalized spacial score (nSPS) is 11.5. The molecule has 0 radical (unpaired) electrons. The average Bonchev–Trinajstić information content (AvgIpc) is 1.87. The predicted octanol–water partition coefficient (Wildman–Crippen LogP) is 0.443. The van der Waals surface area contributed by atoms with E-state index in [4.69, 9.17) is 5.73 Å². The Hall–Kier alpha value is 0.420. The van der Waals surface area contributed by atoms with E-state index in [2.05, 4.69) is 29.7 Å². The van der Waals surface area contributed by atoms with Crippen molar-refractivity contribution >= 4 is 43.9 Å². The summed E-state index contributed by atoms with van der Waals surface area (Å²) in [6.45, 7) is 0. The summed E-state index contributed by atoms with van der Waals surface area (Å²) < 4.78 is 4.06. The molecule has 0 amide bonds. The molecule has 1 unspecified atom stereocenters. The Morgan fingerprint density at radius 3 is 2.50 bits per heavy atom. The van der Waals surface area contributed by atoms with E-state index in [1.807, 2.05) is 0 Å². The molecule has 0 heterocycles. The maximum absolute atomic E-state index is 10.4. The molecule has 0 saturated carbocycles. The Bertz CT molecular complexity index is 103. The van der Waals surface area contributed by atoms with Crippen molar-refractivity contribution < 1.29 is 8.98 Å². The van der Waals surface area contributed by atoms with Gasteiger partial charge in [0.05, 0.1) is 0 Å². The van der Waals surface area contributed by atoms with Crippen molar-refractivity contribution in [2.24, 2.45) is 5.73 Å². The Balaban J connectivity index is 0. The Morgan fingerprint density at radius 1 is 1.70 bits per heavy atom. The van der Waals surface area contributed by atoms with Crippen LogP contribution in [0, 0.1) is 0 Å². The third-order valence-corrected chi connectivity index (χ3v) is 1.27. The van der Waals surface area contributed by atoms with Gasteiger partial charge in [0.1, 0.15) is 6.04 Å². The molecule has 2 N–H and O–H groups in total. The van der Waals surface area contributed by atoms with Gasteiger partial charge in [0.25, 0.3) is 0 Å². The summed E-state index contributed by atoms with van der Waals surface area (Å²) in [7, 11) is 0. The number of nitrogens with two attached hydrogens (primary N) is 1. The standard InChI is InChI=1S/C4H9NO2S2.ClH/c5-3(1-2-8)4(6)7-9;/h3,8-9H,1-2,5H2;1H. The van der Waals surface area contributed by atoms with Crippen LogP contribution in [0.15, 0.2) is 0 Å². The number of carbonyl (C=O) groups is 1. The fraction of sp³-hybridized carbons (Fsp3) is 0.750. The highest BCUT2D eigenvalue weighted by molar-refractivity contribution is 7.80. The van der Waals surface area contributed by atoms with E-state index in [1.54, 1.807) is 0 Å². The van der Waals surface area contributed by atoms with Gasteiger partial charge in [-0.3, -0.25) is 0 Å². The van der Waals surface area contributed by atoms with E-state index in [0.29, 0.717) is 12.2 Å². The van der Waals surface area contributed by atoms with Gasteiger partial charge in [-0.05, 0) is 12.2 Å². The SMILES string of the molecule is Cl.NC(CCS)C(=O)OS. The van der Waals surface area contributed by atoms with Gasteiger partial charge in [0.2, 0.25) is 0 Å². The molecule has 0 spiro atoms. The maximum atomic E-state index is 10.4. The second-order valence-electron chi connectivity index (χ2n) is 1.53. The van der Waals surface area contributed by atoms with Crippen molar-refractivity contribution in [3.05, 3.63) is 0 Å². The summed E-state index contributed by atoms with van der Waals surface area (Å²) >= 11 is 7.17. The van der Waals surface area contributed by atoms with Gasteiger partial charge in [0.15, 0.2) is 0 Å². The monoisotopic (exact) mass is 203 g/mol. The molecule has 0 fully saturated rings. The van der Waals surface area contributed by atoms with Gasteiger partial charge in [-0.1, -0.05) is 0 Å². The van der Waals surface area contributed by atoms with Crippen molar-refractivity contribution in [1.29, 1.82) is 0 Å². The van der Waals surface area contributed by atoms with Crippen LogP contribution in [0.5, 0.6) is 0 Å². The largest absolute Gasteiger partial charge is 0.393 e. The molecule has 0 saturated heterocycles. The lowest BCUT2D eigenvalue weighted by atomic mass is 10.2. The van der Waals surface area contributed by atoms with E-state index in [1.165, 1.54) is 0 Å². The van der Waals surface area contributed by atoms with E-state index in [9.17, 15) is 4.79 Å². The number of carbonyl (C=O) groups excluding carboxylic acids is 1. The fourth-order valence-electron chi connectivity index (χ4n) is 0.325. The van der Waals surface area contributed by atoms with E-state index in [-0.39, 0.29) is 12.4 Å². The summed E-state index contributed by atoms with van der Waals surface area (Å²) in [6.07, 6.45) is 0.516. The molecular weight excluding hydrogens is 194 g/mol. The summed E-state index contributed by atoms with van der Waals surface area (Å²) in [6, 6.07) is -0.583. The second kappa shape index (κ2) is 7.53. The van der Waals surface area contributed by atoms with Crippen LogP contribution in [0.25, 0.3) is 0 Å². The third kappa shape index (κ3) is 5.22. The van der Waals surface area contributed by atoms with Gasteiger partial charge in [-0.25, -0.2) is 4.79 Å². The highest BCUT2D eigenvalue weighted by atomic mass is 35.5. The lowest BCUT2D eigenvalue weighted by molar-refractivity contribution is -0.134. The molecule has 10 heavy (non-hydrogen) atoms. The minimum absolute atomic E-state index is 0. The highest BCUT2D eigenvalue weighted by Gasteiger charge is 2.11. The van der Waals surface area contributed by atoms with Crippen LogP contribution in [0.3, 0.4) is 0 Å². The second-order valence-corrected chi connectivity index (χ2v) is 2.16. The minimum Gasteiger partial charge on any atom is -0.393 e. The zero-order valence-corrected chi connectivity index (χ0v) is 7.79. The first-order valence-electron chi connectivity index (χ1n) is 2.44. The molecule has 6 heteroatoms. The van der Waals surface area contributed by atoms with E-state index in [0.717, 1.165) is 0 Å². The van der Waals surface area contributed by atoms with Gasteiger partial charge < -0.3 is 9.92 Å². The summed E-state index contributed by atoms with van der Waals surface area (Å²) in [5.74, 6) is 0.0664. The van der Waals surface area contributed by atoms with E-state index >= 15 is 0 Å². The van der Waals surface area contributed by atoms with Crippen molar-refractivity contribution in [2.45, 2.75) is 12.5 Å². The van der Waals surface area contributed by atoms with Gasteiger partial charge >= 0.3 is 5.97 Å². The molecule has 1 atom stereocenters. The Kier molecular flexibility index (Phi) is 9.82. The summed E-state index contributed by atoms with van der Waals surface area (Å²) in [5, 5.41) is 0. The highest BCUT2D eigenvalue weighted by Crippen LogP contribution is 1.94. The molecule has 3 nitrogen and oxygen atoms in total. The number of rotatable bonds is 3. The summed E-state index contributed by atoms with van der Waals surface area (Å²) in [5.41, 5.74) is 5.27. The molecule has 0 aromatic rings. The number of hydrogen-bond donors (Lipinski definition) is 3. The van der Waals surface area contributed by atoms with Gasteiger partial charge in [-0.2, -0.15) is 12.6 Å². The molecule has 0 aliphatic heterocycles. The minimum atomic E-state index is -0.583. The van der Waals surface area contributed by atoms with Gasteiger partial charge in [-0.15, -0.1) is 12.4 Å². The third-order valence-electron chi connectivity index (χ3n) is 0.833. The van der Waals surface area contributed by atoms with Crippen LogP contribution in [0.4, 0.5) is 0 Å². The van der Waals surface area contributed by atoms with Crippen molar-refractivity contribution in [2.75, 3.05) is 5.75 Å². The van der Waals surface area contributed by atoms with E-state index < -0.39 is 12.0 Å². The first-order valence-corrected chi connectivity index (χ1v) is 3.43. The molecule has 0 aromatic heterocycles. The molecule has 0 aliphatic rings. The van der Waals surface area contributed by atoms with Crippen LogP contribution < -0.4 is 5.73 Å².